The fourth-order valence-corrected chi connectivity index (χ4v) is 4.02. The first-order valence-electron chi connectivity index (χ1n) is 7.14. The minimum absolute atomic E-state index is 0.0315. The van der Waals surface area contributed by atoms with Crippen LogP contribution in [0.25, 0.3) is 0 Å². The number of hydrogen-bond donors (Lipinski definition) is 0. The summed E-state index contributed by atoms with van der Waals surface area (Å²) in [5.41, 5.74) is -0.181. The van der Waals surface area contributed by atoms with Gasteiger partial charge in [0.2, 0.25) is 0 Å². The van der Waals surface area contributed by atoms with E-state index in [0.717, 1.165) is 8.95 Å². The zero-order valence-corrected chi connectivity index (χ0v) is 16.0. The molecule has 0 radical (unpaired) electrons. The van der Waals surface area contributed by atoms with Crippen molar-refractivity contribution >= 4 is 50.7 Å². The Bertz CT molecular complexity index is 831. The summed E-state index contributed by atoms with van der Waals surface area (Å²) < 4.78 is 5.38. The SMILES string of the molecule is CN1CC(OC(=O)c2cccc([N+](=O)[O-])c2)[N+]([O-])(c2ncc(I)s2)C1. The Balaban J connectivity index is 1.84. The van der Waals surface area contributed by atoms with E-state index in [-0.39, 0.29) is 24.5 Å². The average molecular weight is 476 g/mol. The Hall–Kier alpha value is -1.67. The molecular weight excluding hydrogens is 463 g/mol. The predicted octanol–water partition coefficient (Wildman–Crippen LogP) is 2.55. The van der Waals surface area contributed by atoms with Gasteiger partial charge in [-0.25, -0.2) is 9.69 Å². The third-order valence-corrected chi connectivity index (χ3v) is 5.55. The van der Waals surface area contributed by atoms with Gasteiger partial charge in [-0.15, -0.1) is 0 Å². The number of halogens is 1. The molecule has 11 heteroatoms. The second kappa shape index (κ2) is 6.92. The molecular formula is C14H13IN4O5S. The fraction of sp³-hybridized carbons (Fsp3) is 0.286. The number of likely N-dealkylation sites (N-methyl/N-ethyl adjacent to an activating group) is 1. The highest BCUT2D eigenvalue weighted by Crippen LogP contribution is 2.35. The number of benzene rings is 1. The van der Waals surface area contributed by atoms with Crippen LogP contribution in [0.4, 0.5) is 10.8 Å². The van der Waals surface area contributed by atoms with Crippen molar-refractivity contribution in [1.29, 1.82) is 0 Å². The van der Waals surface area contributed by atoms with Crippen LogP contribution in [-0.2, 0) is 4.74 Å². The molecule has 9 nitrogen and oxygen atoms in total. The van der Waals surface area contributed by atoms with Gasteiger partial charge in [0.1, 0.15) is 6.67 Å². The number of nitrogens with zero attached hydrogens (tertiary/aromatic N) is 4. The first-order chi connectivity index (χ1) is 11.8. The van der Waals surface area contributed by atoms with Crippen molar-refractivity contribution in [1.82, 2.24) is 14.5 Å². The lowest BCUT2D eigenvalue weighted by Crippen LogP contribution is -2.50. The van der Waals surface area contributed by atoms with Gasteiger partial charge >= 0.3 is 5.97 Å². The summed E-state index contributed by atoms with van der Waals surface area (Å²) in [6.45, 7) is 0.358. The third-order valence-electron chi connectivity index (χ3n) is 3.71. The van der Waals surface area contributed by atoms with Gasteiger partial charge in [0.15, 0.2) is 0 Å². The van der Waals surface area contributed by atoms with Gasteiger partial charge in [-0.2, -0.15) is 4.98 Å². The number of nitro groups is 1. The van der Waals surface area contributed by atoms with Gasteiger partial charge in [0, 0.05) is 12.1 Å². The highest BCUT2D eigenvalue weighted by molar-refractivity contribution is 14.1. The summed E-state index contributed by atoms with van der Waals surface area (Å²) >= 11 is 3.32. The molecule has 0 amide bonds. The monoisotopic (exact) mass is 476 g/mol. The first-order valence-corrected chi connectivity index (χ1v) is 9.04. The summed E-state index contributed by atoms with van der Waals surface area (Å²) in [5.74, 6) is -0.770. The number of hydrogen-bond acceptors (Lipinski definition) is 8. The maximum absolute atomic E-state index is 13.3. The number of nitro benzene ring substituents is 1. The summed E-state index contributed by atoms with van der Waals surface area (Å²) in [6, 6.07) is 5.23. The summed E-state index contributed by atoms with van der Waals surface area (Å²) in [7, 11) is 1.75. The van der Waals surface area contributed by atoms with Crippen molar-refractivity contribution in [3.05, 3.63) is 54.2 Å². The number of hydroxylamine groups is 2. The highest BCUT2D eigenvalue weighted by atomic mass is 127. The summed E-state index contributed by atoms with van der Waals surface area (Å²) in [6.07, 6.45) is 0.606. The molecule has 0 bridgehead atoms. The van der Waals surface area contributed by atoms with E-state index in [0.29, 0.717) is 5.13 Å². The van der Waals surface area contributed by atoms with E-state index >= 15 is 0 Å². The standard InChI is InChI=1S/C14H13IN4O5S/c1-17-7-12(19(23,8-17)14-16-6-11(15)25-14)24-13(20)9-3-2-4-10(5-9)18(21)22/h2-6,12H,7-8H2,1H3. The fourth-order valence-electron chi connectivity index (χ4n) is 2.57. The zero-order chi connectivity index (χ0) is 18.2. The highest BCUT2D eigenvalue weighted by Gasteiger charge is 2.45. The largest absolute Gasteiger partial charge is 0.622 e. The van der Waals surface area contributed by atoms with Crippen LogP contribution in [0.2, 0.25) is 0 Å². The maximum Gasteiger partial charge on any atom is 0.342 e. The van der Waals surface area contributed by atoms with Gasteiger partial charge in [0.25, 0.3) is 17.0 Å². The molecule has 2 aromatic rings. The Morgan fingerprint density at radius 1 is 1.56 bits per heavy atom. The normalized spacial score (nSPS) is 23.6. The molecule has 3 rings (SSSR count). The molecule has 2 atom stereocenters. The van der Waals surface area contributed by atoms with Crippen LogP contribution in [-0.4, -0.2) is 47.3 Å². The molecule has 1 aliphatic rings. The topological polar surface area (TPSA) is 109 Å². The molecule has 0 saturated carbocycles. The van der Waals surface area contributed by atoms with E-state index in [1.165, 1.54) is 29.5 Å². The van der Waals surface area contributed by atoms with Crippen molar-refractivity contribution < 1.29 is 14.5 Å². The maximum atomic E-state index is 13.3. The Morgan fingerprint density at radius 3 is 2.96 bits per heavy atom. The van der Waals surface area contributed by atoms with E-state index in [4.69, 9.17) is 4.74 Å². The molecule has 0 spiro atoms. The van der Waals surface area contributed by atoms with Crippen molar-refractivity contribution in [3.8, 4) is 0 Å². The van der Waals surface area contributed by atoms with Crippen LogP contribution in [0.15, 0.2) is 30.5 Å². The van der Waals surface area contributed by atoms with Crippen molar-refractivity contribution in [2.24, 2.45) is 0 Å². The van der Waals surface area contributed by atoms with Gasteiger partial charge in [-0.05, 0) is 47.0 Å². The van der Waals surface area contributed by atoms with Crippen molar-refractivity contribution in [3.63, 3.8) is 0 Å². The molecule has 0 N–H and O–H groups in total. The van der Waals surface area contributed by atoms with E-state index in [2.05, 4.69) is 27.6 Å². The number of carbonyl (C=O) groups excluding carboxylic acids is 1. The second-order valence-corrected chi connectivity index (χ2v) is 8.49. The zero-order valence-electron chi connectivity index (χ0n) is 13.0. The number of carbonyl (C=O) groups is 1. The van der Waals surface area contributed by atoms with Crippen LogP contribution < -0.4 is 4.65 Å². The Morgan fingerprint density at radius 2 is 2.32 bits per heavy atom. The lowest BCUT2D eigenvalue weighted by molar-refractivity contribution is -0.384. The lowest BCUT2D eigenvalue weighted by atomic mass is 10.2. The van der Waals surface area contributed by atoms with Gasteiger partial charge < -0.3 is 9.94 Å². The van der Waals surface area contributed by atoms with Crippen LogP contribution in [0.5, 0.6) is 0 Å². The molecule has 1 aromatic heterocycles. The molecule has 25 heavy (non-hydrogen) atoms. The van der Waals surface area contributed by atoms with Crippen LogP contribution in [0.1, 0.15) is 10.4 Å². The Labute approximate surface area is 160 Å². The number of rotatable bonds is 4. The summed E-state index contributed by atoms with van der Waals surface area (Å²) in [4.78, 5) is 28.5. The van der Waals surface area contributed by atoms with E-state index in [1.54, 1.807) is 18.1 Å². The van der Waals surface area contributed by atoms with Crippen molar-refractivity contribution in [2.75, 3.05) is 20.3 Å². The molecule has 1 fully saturated rings. The summed E-state index contributed by atoms with van der Waals surface area (Å²) in [5, 5.41) is 24.4. The lowest BCUT2D eigenvalue weighted by Gasteiger charge is -2.38. The molecule has 1 aromatic carbocycles. The van der Waals surface area contributed by atoms with Gasteiger partial charge in [-0.3, -0.25) is 14.8 Å². The third kappa shape index (κ3) is 3.64. The number of quaternary nitrogens is 1. The number of aromatic nitrogens is 1. The van der Waals surface area contributed by atoms with Gasteiger partial charge in [0.05, 0.1) is 26.1 Å². The number of ether oxygens (including phenoxy) is 1. The van der Waals surface area contributed by atoms with Crippen LogP contribution >= 0.6 is 33.9 Å². The molecule has 2 unspecified atom stereocenters. The van der Waals surface area contributed by atoms with Crippen molar-refractivity contribution in [2.45, 2.75) is 6.23 Å². The molecule has 1 aliphatic heterocycles. The quantitative estimate of drug-likeness (QED) is 0.167. The number of esters is 1. The van der Waals surface area contributed by atoms with E-state index in [1.807, 2.05) is 0 Å². The molecule has 132 valence electrons. The van der Waals surface area contributed by atoms with E-state index < -0.39 is 21.8 Å². The van der Waals surface area contributed by atoms with Crippen LogP contribution in [0.3, 0.4) is 0 Å². The first kappa shape index (κ1) is 18.1. The molecule has 0 aliphatic carbocycles. The van der Waals surface area contributed by atoms with Gasteiger partial charge in [-0.1, -0.05) is 6.07 Å². The van der Waals surface area contributed by atoms with Crippen LogP contribution in [0, 0.1) is 18.2 Å². The smallest absolute Gasteiger partial charge is 0.342 e. The molecule has 1 saturated heterocycles. The minimum Gasteiger partial charge on any atom is -0.622 e. The number of non-ortho nitro benzene ring substituents is 1. The minimum atomic E-state index is -0.987. The second-order valence-electron chi connectivity index (χ2n) is 5.59. The average Bonchev–Trinajstić information content (AvgIpc) is 3.12. The molecule has 2 heterocycles. The number of thiazole rings is 1. The van der Waals surface area contributed by atoms with E-state index in [9.17, 15) is 20.1 Å². The predicted molar refractivity (Wildman–Crippen MR) is 99.8 cm³/mol. The Kier molecular flexibility index (Phi) is 5.02.